The van der Waals surface area contributed by atoms with Crippen LogP contribution in [0.3, 0.4) is 0 Å². The number of carbonyl (C=O) groups is 3. The molecule has 2 aromatic rings. The molecule has 3 amide bonds. The van der Waals surface area contributed by atoms with Gasteiger partial charge in [-0.2, -0.15) is 0 Å². The highest BCUT2D eigenvalue weighted by Gasteiger charge is 2.54. The molecular formula is C19H19N5O5. The molecule has 29 heavy (non-hydrogen) atoms. The number of nitrogens with zero attached hydrogens (tertiary/aromatic N) is 3. The van der Waals surface area contributed by atoms with Crippen LogP contribution in [0.4, 0.5) is 21.1 Å². The van der Waals surface area contributed by atoms with Crippen LogP contribution >= 0.6 is 0 Å². The molecule has 1 unspecified atom stereocenters. The maximum Gasteiger partial charge on any atom is 0.515 e. The average molecular weight is 397 g/mol. The SMILES string of the molecule is CCOC(=O)Oc1cc(Nc2ccc3c(c2)CC2(C3)C(=O)NC(=O)N2C)ncn1. The molecule has 0 radical (unpaired) electrons. The van der Waals surface area contributed by atoms with E-state index in [2.05, 4.69) is 20.6 Å². The van der Waals surface area contributed by atoms with E-state index in [1.165, 1.54) is 17.3 Å². The molecule has 1 saturated heterocycles. The Bertz CT molecular complexity index is 1010. The Balaban J connectivity index is 1.51. The van der Waals surface area contributed by atoms with Gasteiger partial charge in [-0.1, -0.05) is 6.07 Å². The molecule has 0 saturated carbocycles. The lowest BCUT2D eigenvalue weighted by Gasteiger charge is -2.27. The summed E-state index contributed by atoms with van der Waals surface area (Å²) in [5, 5.41) is 5.51. The molecule has 4 rings (SSSR count). The minimum Gasteiger partial charge on any atom is -0.434 e. The third-order valence-corrected chi connectivity index (χ3v) is 5.13. The van der Waals surface area contributed by atoms with Gasteiger partial charge in [0, 0.05) is 31.6 Å². The Kier molecular flexibility index (Phi) is 4.53. The van der Waals surface area contributed by atoms with E-state index >= 15 is 0 Å². The zero-order valence-corrected chi connectivity index (χ0v) is 15.9. The number of carbonyl (C=O) groups excluding carboxylic acids is 3. The van der Waals surface area contributed by atoms with E-state index in [1.54, 1.807) is 14.0 Å². The number of anilines is 2. The van der Waals surface area contributed by atoms with Gasteiger partial charge in [0.25, 0.3) is 5.91 Å². The number of ether oxygens (including phenoxy) is 2. The lowest BCUT2D eigenvalue weighted by molar-refractivity contribution is -0.125. The van der Waals surface area contributed by atoms with Gasteiger partial charge < -0.3 is 19.7 Å². The number of fused-ring (bicyclic) bond motifs is 1. The predicted molar refractivity (Wildman–Crippen MR) is 101 cm³/mol. The monoisotopic (exact) mass is 397 g/mol. The summed E-state index contributed by atoms with van der Waals surface area (Å²) in [6.45, 7) is 1.87. The van der Waals surface area contributed by atoms with Gasteiger partial charge in [0.15, 0.2) is 0 Å². The fourth-order valence-corrected chi connectivity index (χ4v) is 3.62. The predicted octanol–water partition coefficient (Wildman–Crippen LogP) is 1.77. The van der Waals surface area contributed by atoms with Crippen LogP contribution in [-0.4, -0.2) is 52.2 Å². The number of amides is 3. The van der Waals surface area contributed by atoms with Crippen molar-refractivity contribution in [3.05, 3.63) is 41.7 Å². The number of hydrogen-bond acceptors (Lipinski definition) is 8. The first-order valence-corrected chi connectivity index (χ1v) is 9.06. The van der Waals surface area contributed by atoms with Gasteiger partial charge in [0.05, 0.1) is 6.61 Å². The second-order valence-corrected chi connectivity index (χ2v) is 6.84. The molecule has 10 nitrogen and oxygen atoms in total. The number of aromatic nitrogens is 2. The quantitative estimate of drug-likeness (QED) is 0.591. The second-order valence-electron chi connectivity index (χ2n) is 6.84. The lowest BCUT2D eigenvalue weighted by atomic mass is 9.95. The molecule has 10 heteroatoms. The van der Waals surface area contributed by atoms with Crippen molar-refractivity contribution in [2.24, 2.45) is 0 Å². The summed E-state index contributed by atoms with van der Waals surface area (Å²) in [6.07, 6.45) is 1.34. The highest BCUT2D eigenvalue weighted by molar-refractivity contribution is 6.07. The van der Waals surface area contributed by atoms with Gasteiger partial charge in [-0.15, -0.1) is 0 Å². The standard InChI is InChI=1S/C19H19N5O5/c1-3-28-18(27)29-15-7-14(20-10-21-15)22-13-5-4-11-8-19(9-12(11)6-13)16(25)23-17(26)24(19)2/h4-7,10H,3,8-9H2,1-2H3,(H,20,21,22)(H,23,25,26). The maximum atomic E-state index is 12.4. The van der Waals surface area contributed by atoms with Crippen LogP contribution in [0.1, 0.15) is 18.1 Å². The summed E-state index contributed by atoms with van der Waals surface area (Å²) in [5.41, 5.74) is 1.87. The highest BCUT2D eigenvalue weighted by atomic mass is 16.7. The van der Waals surface area contributed by atoms with Gasteiger partial charge in [-0.3, -0.25) is 10.1 Å². The van der Waals surface area contributed by atoms with E-state index in [9.17, 15) is 14.4 Å². The van der Waals surface area contributed by atoms with Crippen molar-refractivity contribution in [1.29, 1.82) is 0 Å². The van der Waals surface area contributed by atoms with E-state index in [0.717, 1.165) is 16.8 Å². The van der Waals surface area contributed by atoms with Crippen molar-refractivity contribution in [1.82, 2.24) is 20.2 Å². The van der Waals surface area contributed by atoms with E-state index in [1.807, 2.05) is 18.2 Å². The molecule has 1 aliphatic heterocycles. The van der Waals surface area contributed by atoms with Crippen molar-refractivity contribution in [2.45, 2.75) is 25.3 Å². The molecule has 2 aliphatic rings. The number of hydrogen-bond donors (Lipinski definition) is 2. The van der Waals surface area contributed by atoms with Crippen molar-refractivity contribution >= 4 is 29.6 Å². The normalized spacial score (nSPS) is 19.9. The van der Waals surface area contributed by atoms with Crippen LogP contribution in [0.2, 0.25) is 0 Å². The summed E-state index contributed by atoms with van der Waals surface area (Å²) < 4.78 is 9.69. The first-order chi connectivity index (χ1) is 13.9. The maximum absolute atomic E-state index is 12.4. The molecule has 1 aliphatic carbocycles. The van der Waals surface area contributed by atoms with Gasteiger partial charge in [0.1, 0.15) is 17.7 Å². The number of benzene rings is 1. The summed E-state index contributed by atoms with van der Waals surface area (Å²) in [5.74, 6) is 0.217. The van der Waals surface area contributed by atoms with E-state index in [-0.39, 0.29) is 24.4 Å². The summed E-state index contributed by atoms with van der Waals surface area (Å²) in [7, 11) is 1.64. The molecule has 2 heterocycles. The Labute approximate surface area is 166 Å². The van der Waals surface area contributed by atoms with Crippen molar-refractivity contribution < 1.29 is 23.9 Å². The summed E-state index contributed by atoms with van der Waals surface area (Å²) >= 11 is 0. The van der Waals surface area contributed by atoms with Crippen molar-refractivity contribution in [2.75, 3.05) is 19.0 Å². The molecule has 2 N–H and O–H groups in total. The largest absolute Gasteiger partial charge is 0.515 e. The molecule has 1 aromatic carbocycles. The number of urea groups is 1. The van der Waals surface area contributed by atoms with Gasteiger partial charge in [-0.05, 0) is 30.2 Å². The van der Waals surface area contributed by atoms with Crippen LogP contribution in [-0.2, 0) is 22.4 Å². The lowest BCUT2D eigenvalue weighted by Crippen LogP contribution is -2.48. The second kappa shape index (κ2) is 7.04. The number of imide groups is 1. The minimum atomic E-state index is -0.867. The van der Waals surface area contributed by atoms with Gasteiger partial charge >= 0.3 is 12.2 Å². The topological polar surface area (TPSA) is 123 Å². The Morgan fingerprint density at radius 1 is 1.24 bits per heavy atom. The molecule has 1 spiro atoms. The highest BCUT2D eigenvalue weighted by Crippen LogP contribution is 2.38. The Morgan fingerprint density at radius 3 is 2.76 bits per heavy atom. The molecule has 1 fully saturated rings. The van der Waals surface area contributed by atoms with E-state index in [4.69, 9.17) is 9.47 Å². The van der Waals surface area contributed by atoms with Crippen LogP contribution in [0.15, 0.2) is 30.6 Å². The molecular weight excluding hydrogens is 378 g/mol. The minimum absolute atomic E-state index is 0.0591. The summed E-state index contributed by atoms with van der Waals surface area (Å²) in [4.78, 5) is 45.1. The summed E-state index contributed by atoms with van der Waals surface area (Å²) in [6, 6.07) is 6.80. The fourth-order valence-electron chi connectivity index (χ4n) is 3.62. The van der Waals surface area contributed by atoms with Crippen LogP contribution < -0.4 is 15.4 Å². The van der Waals surface area contributed by atoms with Crippen molar-refractivity contribution in [3.8, 4) is 5.88 Å². The van der Waals surface area contributed by atoms with Crippen LogP contribution in [0.5, 0.6) is 5.88 Å². The molecule has 1 atom stereocenters. The van der Waals surface area contributed by atoms with Crippen LogP contribution in [0.25, 0.3) is 0 Å². The van der Waals surface area contributed by atoms with Crippen LogP contribution in [0, 0.1) is 0 Å². The molecule has 150 valence electrons. The molecule has 0 bridgehead atoms. The Hall–Kier alpha value is -3.69. The zero-order chi connectivity index (χ0) is 20.6. The first kappa shape index (κ1) is 18.7. The Morgan fingerprint density at radius 2 is 2.03 bits per heavy atom. The number of rotatable bonds is 4. The zero-order valence-electron chi connectivity index (χ0n) is 15.9. The third-order valence-electron chi connectivity index (χ3n) is 5.13. The number of likely N-dealkylation sites (N-methyl/N-ethyl adjacent to an activating group) is 1. The van der Waals surface area contributed by atoms with Crippen molar-refractivity contribution in [3.63, 3.8) is 0 Å². The van der Waals surface area contributed by atoms with Gasteiger partial charge in [-0.25, -0.2) is 19.6 Å². The van der Waals surface area contributed by atoms with E-state index in [0.29, 0.717) is 18.7 Å². The fraction of sp³-hybridized carbons (Fsp3) is 0.316. The van der Waals surface area contributed by atoms with E-state index < -0.39 is 11.7 Å². The number of nitrogens with one attached hydrogen (secondary N) is 2. The first-order valence-electron chi connectivity index (χ1n) is 9.06. The third kappa shape index (κ3) is 3.33. The molecule has 1 aromatic heterocycles. The smallest absolute Gasteiger partial charge is 0.434 e. The van der Waals surface area contributed by atoms with Gasteiger partial charge in [0.2, 0.25) is 5.88 Å². The average Bonchev–Trinajstić information content (AvgIpc) is 3.16.